The van der Waals surface area contributed by atoms with Gasteiger partial charge < -0.3 is 24.9 Å². The molecule has 1 unspecified atom stereocenters. The Bertz CT molecular complexity index is 1290. The van der Waals surface area contributed by atoms with E-state index in [0.717, 1.165) is 17.7 Å². The summed E-state index contributed by atoms with van der Waals surface area (Å²) in [6.07, 6.45) is 0.830. The van der Waals surface area contributed by atoms with Gasteiger partial charge in [0.15, 0.2) is 0 Å². The van der Waals surface area contributed by atoms with Crippen LogP contribution < -0.4 is 14.7 Å². The van der Waals surface area contributed by atoms with Crippen LogP contribution in [0.2, 0.25) is 0 Å². The molecule has 0 amide bonds. The lowest BCUT2D eigenvalue weighted by Gasteiger charge is -2.46. The van der Waals surface area contributed by atoms with Crippen LogP contribution in [0.1, 0.15) is 56.7 Å². The maximum absolute atomic E-state index is 14.4. The van der Waals surface area contributed by atoms with Crippen LogP contribution in [0.4, 0.5) is 17.1 Å². The summed E-state index contributed by atoms with van der Waals surface area (Å²) in [6.45, 7) is 5.74. The molecular formula is C29H41N5O6+2. The molecule has 2 aromatic rings. The molecule has 11 nitrogen and oxygen atoms in total. The number of anilines is 3. The van der Waals surface area contributed by atoms with Gasteiger partial charge in [0.05, 0.1) is 80.6 Å². The number of phenols is 2. The number of ketones is 2. The topological polar surface area (TPSA) is 125 Å². The molecule has 0 spiro atoms. The minimum atomic E-state index is -0.508. The standard InChI is InChI=1S/C29H39N5O6/c1-17-9-10-31(13-15-33(3,4)39)25-20(17)26-27(32(12-11-30(26)2)14-16-34(5,6)40)24-23(25)28(37)21-18(35)7-8-19(36)22(21)29(24)38/h7-8,17,39-40H,9-16H2,1-6H3/p+2. The molecule has 0 saturated carbocycles. The summed E-state index contributed by atoms with van der Waals surface area (Å²) in [4.78, 5) is 35.0. The fourth-order valence-corrected chi connectivity index (χ4v) is 6.23. The number of fused-ring (bicyclic) bond motifs is 7. The van der Waals surface area contributed by atoms with E-state index in [4.69, 9.17) is 0 Å². The molecule has 0 radical (unpaired) electrons. The van der Waals surface area contributed by atoms with Crippen LogP contribution in [0.25, 0.3) is 0 Å². The molecule has 0 fully saturated rings. The van der Waals surface area contributed by atoms with Crippen LogP contribution in [0.5, 0.6) is 11.5 Å². The van der Waals surface area contributed by atoms with Crippen molar-refractivity contribution < 1.29 is 39.5 Å². The molecule has 4 N–H and O–H groups in total. The summed E-state index contributed by atoms with van der Waals surface area (Å²) in [5.74, 6) is -1.62. The minimum absolute atomic E-state index is 0.0801. The SMILES string of the molecule is CC1CCN(CC[N+](C)(C)O)c2c3c(c4c(c21)N(C)CCN4CC[N+](C)(C)O)C(=O)c1c(O)ccc(O)c1C3=O. The number of hydrogen-bond donors (Lipinski definition) is 4. The number of likely N-dealkylation sites (N-methyl/N-ethyl adjacent to an activating group) is 3. The summed E-state index contributed by atoms with van der Waals surface area (Å²) in [7, 11) is 8.74. The average Bonchev–Trinajstić information content (AvgIpc) is 2.85. The number of phenolic OH excluding ortho intramolecular Hbond substituents is 2. The summed E-state index contributed by atoms with van der Waals surface area (Å²) < 4.78 is -0.500. The molecule has 0 bridgehead atoms. The van der Waals surface area contributed by atoms with Crippen molar-refractivity contribution in [3.8, 4) is 11.5 Å². The summed E-state index contributed by atoms with van der Waals surface area (Å²) in [5.41, 5.74) is 3.24. The van der Waals surface area contributed by atoms with Gasteiger partial charge in [0.1, 0.15) is 24.6 Å². The fraction of sp³-hybridized carbons (Fsp3) is 0.517. The number of hydrogen-bond acceptors (Lipinski definition) is 9. The Labute approximate surface area is 234 Å². The maximum atomic E-state index is 14.4. The predicted molar refractivity (Wildman–Crippen MR) is 151 cm³/mol. The highest BCUT2D eigenvalue weighted by Crippen LogP contribution is 2.55. The Kier molecular flexibility index (Phi) is 6.77. The third-order valence-electron chi connectivity index (χ3n) is 8.41. The molecule has 40 heavy (non-hydrogen) atoms. The van der Waals surface area contributed by atoms with Gasteiger partial charge >= 0.3 is 0 Å². The fourth-order valence-electron chi connectivity index (χ4n) is 6.23. The van der Waals surface area contributed by atoms with Crippen LogP contribution in [0.3, 0.4) is 0 Å². The third kappa shape index (κ3) is 4.66. The lowest BCUT2D eigenvalue weighted by molar-refractivity contribution is -1.07. The van der Waals surface area contributed by atoms with Crippen LogP contribution in [0, 0.1) is 0 Å². The van der Waals surface area contributed by atoms with Gasteiger partial charge in [-0.15, -0.1) is 0 Å². The van der Waals surface area contributed by atoms with Crippen molar-refractivity contribution >= 4 is 28.6 Å². The zero-order valence-electron chi connectivity index (χ0n) is 24.2. The van der Waals surface area contributed by atoms with Crippen molar-refractivity contribution in [1.82, 2.24) is 0 Å². The van der Waals surface area contributed by atoms with Crippen LogP contribution in [-0.4, -0.2) is 123 Å². The van der Waals surface area contributed by atoms with Gasteiger partial charge in [-0.2, -0.15) is 9.29 Å². The molecule has 1 atom stereocenters. The second-order valence-corrected chi connectivity index (χ2v) is 12.5. The molecule has 2 aromatic carbocycles. The zero-order chi connectivity index (χ0) is 29.3. The van der Waals surface area contributed by atoms with Gasteiger partial charge in [-0.3, -0.25) is 9.59 Å². The van der Waals surface area contributed by atoms with E-state index >= 15 is 0 Å². The van der Waals surface area contributed by atoms with E-state index in [-0.39, 0.29) is 49.0 Å². The van der Waals surface area contributed by atoms with E-state index < -0.39 is 11.6 Å². The smallest absolute Gasteiger partial charge is 0.200 e. The number of carbonyl (C=O) groups excluding carboxylic acids is 2. The first-order valence-corrected chi connectivity index (χ1v) is 13.8. The Balaban J connectivity index is 1.84. The first-order chi connectivity index (χ1) is 18.6. The highest BCUT2D eigenvalue weighted by atomic mass is 16.5. The molecule has 1 aliphatic carbocycles. The van der Waals surface area contributed by atoms with Gasteiger partial charge in [0, 0.05) is 32.2 Å². The molecular weight excluding hydrogens is 514 g/mol. The van der Waals surface area contributed by atoms with Crippen molar-refractivity contribution in [1.29, 1.82) is 0 Å². The summed E-state index contributed by atoms with van der Waals surface area (Å²) in [5, 5.41) is 42.4. The van der Waals surface area contributed by atoms with Crippen LogP contribution in [-0.2, 0) is 0 Å². The van der Waals surface area contributed by atoms with Gasteiger partial charge in [0.25, 0.3) is 0 Å². The van der Waals surface area contributed by atoms with Crippen molar-refractivity contribution in [3.63, 3.8) is 0 Å². The number of benzene rings is 2. The van der Waals surface area contributed by atoms with Gasteiger partial charge in [-0.25, -0.2) is 10.4 Å². The molecule has 11 heteroatoms. The lowest BCUT2D eigenvalue weighted by atomic mass is 9.75. The number of rotatable bonds is 6. The summed E-state index contributed by atoms with van der Waals surface area (Å²) >= 11 is 0. The van der Waals surface area contributed by atoms with Gasteiger partial charge in [0.2, 0.25) is 11.6 Å². The van der Waals surface area contributed by atoms with Gasteiger partial charge in [-0.1, -0.05) is 6.92 Å². The molecule has 0 saturated heterocycles. The monoisotopic (exact) mass is 555 g/mol. The van der Waals surface area contributed by atoms with E-state index in [1.165, 1.54) is 12.1 Å². The molecule has 2 aliphatic heterocycles. The van der Waals surface area contributed by atoms with Crippen LogP contribution >= 0.6 is 0 Å². The quantitative estimate of drug-likeness (QED) is 0.206. The van der Waals surface area contributed by atoms with E-state index in [2.05, 4.69) is 21.6 Å². The Morgan fingerprint density at radius 3 is 1.73 bits per heavy atom. The Hall–Kier alpha value is -3.38. The van der Waals surface area contributed by atoms with Gasteiger partial charge in [-0.05, 0) is 24.5 Å². The molecule has 3 aliphatic rings. The first kappa shape index (κ1) is 28.2. The van der Waals surface area contributed by atoms with Crippen molar-refractivity contribution in [2.24, 2.45) is 0 Å². The molecule has 0 aromatic heterocycles. The zero-order valence-corrected chi connectivity index (χ0v) is 24.2. The van der Waals surface area contributed by atoms with E-state index in [0.29, 0.717) is 57.2 Å². The minimum Gasteiger partial charge on any atom is -0.507 e. The number of nitrogens with zero attached hydrogens (tertiary/aromatic N) is 5. The number of quaternary nitrogens is 2. The van der Waals surface area contributed by atoms with Crippen LogP contribution in [0.15, 0.2) is 12.1 Å². The second-order valence-electron chi connectivity index (χ2n) is 12.5. The average molecular weight is 556 g/mol. The second kappa shape index (κ2) is 9.62. The first-order valence-electron chi connectivity index (χ1n) is 13.8. The predicted octanol–water partition coefficient (Wildman–Crippen LogP) is 2.37. The third-order valence-corrected chi connectivity index (χ3v) is 8.41. The molecule has 216 valence electrons. The van der Waals surface area contributed by atoms with E-state index in [1.54, 1.807) is 28.2 Å². The Morgan fingerprint density at radius 1 is 0.750 bits per heavy atom. The molecule has 2 heterocycles. The van der Waals surface area contributed by atoms with Crippen molar-refractivity contribution in [3.05, 3.63) is 39.9 Å². The Morgan fingerprint density at radius 2 is 1.23 bits per heavy atom. The largest absolute Gasteiger partial charge is 0.507 e. The highest BCUT2D eigenvalue weighted by Gasteiger charge is 2.46. The van der Waals surface area contributed by atoms with Crippen molar-refractivity contribution in [2.75, 3.05) is 95.8 Å². The normalized spacial score (nSPS) is 18.9. The van der Waals surface area contributed by atoms with E-state index in [9.17, 15) is 30.2 Å². The molecule has 5 rings (SSSR count). The maximum Gasteiger partial charge on any atom is 0.200 e. The highest BCUT2D eigenvalue weighted by molar-refractivity contribution is 6.34. The number of aromatic hydroxyl groups is 2. The van der Waals surface area contributed by atoms with E-state index in [1.807, 2.05) is 7.05 Å². The van der Waals surface area contributed by atoms with Crippen molar-refractivity contribution in [2.45, 2.75) is 19.3 Å². The lowest BCUT2D eigenvalue weighted by Crippen LogP contribution is -2.49. The summed E-state index contributed by atoms with van der Waals surface area (Å²) in [6, 6.07) is 2.48. The number of carbonyl (C=O) groups is 2. The number of hydroxylamine groups is 6.